The van der Waals surface area contributed by atoms with E-state index in [9.17, 15) is 4.79 Å². The topological polar surface area (TPSA) is 51.2 Å². The van der Waals surface area contributed by atoms with Crippen molar-refractivity contribution in [2.24, 2.45) is 5.41 Å². The molecule has 1 fully saturated rings. The maximum absolute atomic E-state index is 11.5. The van der Waals surface area contributed by atoms with Crippen LogP contribution in [0, 0.1) is 5.41 Å². The number of aromatic nitrogens is 1. The highest BCUT2D eigenvalue weighted by Crippen LogP contribution is 2.52. The number of pyridine rings is 1. The lowest BCUT2D eigenvalue weighted by molar-refractivity contribution is -0.141. The lowest BCUT2D eigenvalue weighted by Gasteiger charge is -2.14. The van der Waals surface area contributed by atoms with Gasteiger partial charge in [-0.1, -0.05) is 13.0 Å². The molecule has 2 rings (SSSR count). The van der Waals surface area contributed by atoms with E-state index in [4.69, 9.17) is 4.74 Å². The van der Waals surface area contributed by atoms with Crippen LogP contribution in [0.2, 0.25) is 0 Å². The van der Waals surface area contributed by atoms with Gasteiger partial charge in [0, 0.05) is 18.5 Å². The van der Waals surface area contributed by atoms with Crippen LogP contribution in [0.25, 0.3) is 0 Å². The first-order chi connectivity index (χ1) is 10.2. The van der Waals surface area contributed by atoms with Crippen LogP contribution in [0.4, 0.5) is 0 Å². The summed E-state index contributed by atoms with van der Waals surface area (Å²) in [6.07, 6.45) is 5.74. The minimum atomic E-state index is -0.0982. The average molecular weight is 308 g/mol. The van der Waals surface area contributed by atoms with E-state index in [1.54, 1.807) is 11.8 Å². The lowest BCUT2D eigenvalue weighted by Crippen LogP contribution is -2.15. The van der Waals surface area contributed by atoms with Crippen LogP contribution in [-0.2, 0) is 16.1 Å². The molecule has 1 N–H and O–H groups in total. The van der Waals surface area contributed by atoms with Gasteiger partial charge in [0.25, 0.3) is 0 Å². The molecule has 1 aromatic heterocycles. The highest BCUT2D eigenvalue weighted by molar-refractivity contribution is 7.99. The number of carbonyl (C=O) groups is 1. The zero-order valence-corrected chi connectivity index (χ0v) is 13.7. The largest absolute Gasteiger partial charge is 0.469 e. The van der Waals surface area contributed by atoms with Crippen molar-refractivity contribution in [2.45, 2.75) is 44.2 Å². The Morgan fingerprint density at radius 3 is 3.00 bits per heavy atom. The fourth-order valence-corrected chi connectivity index (χ4v) is 3.53. The second kappa shape index (κ2) is 7.80. The van der Waals surface area contributed by atoms with E-state index in [-0.39, 0.29) is 11.4 Å². The summed E-state index contributed by atoms with van der Waals surface area (Å²) in [5, 5.41) is 4.50. The molecule has 0 saturated heterocycles. The minimum Gasteiger partial charge on any atom is -0.469 e. The van der Waals surface area contributed by atoms with Crippen molar-refractivity contribution in [3.63, 3.8) is 0 Å². The Balaban J connectivity index is 1.89. The number of nitrogens with one attached hydrogen (secondary N) is 1. The number of hydrogen-bond donors (Lipinski definition) is 1. The first-order valence-electron chi connectivity index (χ1n) is 7.53. The number of carbonyl (C=O) groups excluding carboxylic acids is 1. The number of esters is 1. The first-order valence-corrected chi connectivity index (χ1v) is 8.52. The van der Waals surface area contributed by atoms with Gasteiger partial charge in [-0.2, -0.15) is 0 Å². The molecule has 4 nitrogen and oxygen atoms in total. The summed E-state index contributed by atoms with van der Waals surface area (Å²) >= 11 is 1.77. The highest BCUT2D eigenvalue weighted by atomic mass is 32.2. The first kappa shape index (κ1) is 16.3. The predicted molar refractivity (Wildman–Crippen MR) is 85.3 cm³/mol. The molecule has 0 unspecified atom stereocenters. The lowest BCUT2D eigenvalue weighted by atomic mass is 10.1. The Bertz CT molecular complexity index is 475. The van der Waals surface area contributed by atoms with Crippen LogP contribution in [0.3, 0.4) is 0 Å². The molecule has 116 valence electrons. The summed E-state index contributed by atoms with van der Waals surface area (Å²) in [4.78, 5) is 16.0. The molecule has 5 heteroatoms. The smallest absolute Gasteiger partial charge is 0.306 e. The Kier molecular flexibility index (Phi) is 6.06. The van der Waals surface area contributed by atoms with Crippen LogP contribution < -0.4 is 5.32 Å². The Morgan fingerprint density at radius 2 is 2.33 bits per heavy atom. The van der Waals surface area contributed by atoms with Gasteiger partial charge < -0.3 is 10.1 Å². The summed E-state index contributed by atoms with van der Waals surface area (Å²) in [6, 6.07) is 4.10. The molecule has 0 radical (unpaired) electrons. The normalized spacial score (nSPS) is 15.7. The summed E-state index contributed by atoms with van der Waals surface area (Å²) < 4.78 is 4.79. The molecular weight excluding hydrogens is 284 g/mol. The molecule has 0 bridgehead atoms. The maximum Gasteiger partial charge on any atom is 0.306 e. The average Bonchev–Trinajstić information content (AvgIpc) is 3.26. The number of ether oxygens (including phenoxy) is 1. The second-order valence-electron chi connectivity index (χ2n) is 5.69. The summed E-state index contributed by atoms with van der Waals surface area (Å²) in [5.41, 5.74) is 1.38. The number of thioether (sulfide) groups is 1. The van der Waals surface area contributed by atoms with Crippen molar-refractivity contribution >= 4 is 17.7 Å². The third-order valence-corrected chi connectivity index (χ3v) is 5.21. The Hall–Kier alpha value is -1.07. The predicted octanol–water partition coefficient (Wildman–Crippen LogP) is 3.02. The highest BCUT2D eigenvalue weighted by Gasteiger charge is 2.44. The van der Waals surface area contributed by atoms with E-state index < -0.39 is 0 Å². The summed E-state index contributed by atoms with van der Waals surface area (Å²) in [6.45, 7) is 4.04. The molecular formula is C16H24N2O2S. The monoisotopic (exact) mass is 308 g/mol. The summed E-state index contributed by atoms with van der Waals surface area (Å²) in [5.74, 6) is 0.846. The Morgan fingerprint density at radius 1 is 1.52 bits per heavy atom. The number of hydrogen-bond acceptors (Lipinski definition) is 5. The second-order valence-corrected chi connectivity index (χ2v) is 6.65. The third-order valence-electron chi connectivity index (χ3n) is 3.81. The van der Waals surface area contributed by atoms with Crippen molar-refractivity contribution in [1.82, 2.24) is 10.3 Å². The van der Waals surface area contributed by atoms with Crippen LogP contribution in [0.5, 0.6) is 0 Å². The minimum absolute atomic E-state index is 0.0982. The number of nitrogens with zero attached hydrogens (tertiary/aromatic N) is 1. The zero-order chi connectivity index (χ0) is 15.1. The summed E-state index contributed by atoms with van der Waals surface area (Å²) in [7, 11) is 1.46. The van der Waals surface area contributed by atoms with Gasteiger partial charge in [0.1, 0.15) is 5.03 Å². The van der Waals surface area contributed by atoms with Crippen molar-refractivity contribution in [2.75, 3.05) is 19.4 Å². The number of methoxy groups -OCH3 is 1. The fraction of sp³-hybridized carbons (Fsp3) is 0.625. The van der Waals surface area contributed by atoms with Gasteiger partial charge in [-0.25, -0.2) is 4.98 Å². The van der Waals surface area contributed by atoms with Crippen molar-refractivity contribution in [3.05, 3.63) is 23.9 Å². The molecule has 0 aliphatic heterocycles. The molecule has 0 spiro atoms. The molecule has 0 atom stereocenters. The molecule has 1 heterocycles. The van der Waals surface area contributed by atoms with E-state index >= 15 is 0 Å². The molecule has 0 amide bonds. The van der Waals surface area contributed by atoms with Gasteiger partial charge in [0.05, 0.1) is 13.5 Å². The standard InChI is InChI=1S/C16H24N2O2S/c1-3-8-17-11-13-5-4-9-18-15(13)21-12-16(6-7-16)10-14(19)20-2/h4-5,9,17H,3,6-8,10-12H2,1-2H3. The molecule has 21 heavy (non-hydrogen) atoms. The number of rotatable bonds is 9. The Labute approximate surface area is 131 Å². The van der Waals surface area contributed by atoms with Crippen molar-refractivity contribution in [1.29, 1.82) is 0 Å². The van der Waals surface area contributed by atoms with E-state index in [1.165, 1.54) is 12.7 Å². The van der Waals surface area contributed by atoms with E-state index in [0.29, 0.717) is 6.42 Å². The van der Waals surface area contributed by atoms with Gasteiger partial charge in [0.2, 0.25) is 0 Å². The molecule has 1 aliphatic carbocycles. The van der Waals surface area contributed by atoms with E-state index in [1.807, 2.05) is 12.3 Å². The van der Waals surface area contributed by atoms with Gasteiger partial charge in [-0.05, 0) is 42.9 Å². The van der Waals surface area contributed by atoms with Gasteiger partial charge in [0.15, 0.2) is 0 Å². The van der Waals surface area contributed by atoms with Crippen molar-refractivity contribution in [3.8, 4) is 0 Å². The molecule has 0 aromatic carbocycles. The quantitative estimate of drug-likeness (QED) is 0.432. The molecule has 1 aromatic rings. The van der Waals surface area contributed by atoms with Gasteiger partial charge in [-0.3, -0.25) is 4.79 Å². The molecule has 1 saturated carbocycles. The van der Waals surface area contributed by atoms with Crippen LogP contribution in [0.1, 0.15) is 38.2 Å². The van der Waals surface area contributed by atoms with E-state index in [0.717, 1.165) is 43.1 Å². The van der Waals surface area contributed by atoms with Gasteiger partial charge >= 0.3 is 5.97 Å². The van der Waals surface area contributed by atoms with Crippen LogP contribution in [0.15, 0.2) is 23.4 Å². The van der Waals surface area contributed by atoms with Crippen LogP contribution >= 0.6 is 11.8 Å². The fourth-order valence-electron chi connectivity index (χ4n) is 2.24. The van der Waals surface area contributed by atoms with Crippen LogP contribution in [-0.4, -0.2) is 30.4 Å². The zero-order valence-electron chi connectivity index (χ0n) is 12.9. The third kappa shape index (κ3) is 5.00. The SMILES string of the molecule is CCCNCc1cccnc1SCC1(CC(=O)OC)CC1. The van der Waals surface area contributed by atoms with Gasteiger partial charge in [-0.15, -0.1) is 11.8 Å². The maximum atomic E-state index is 11.5. The van der Waals surface area contributed by atoms with Crippen molar-refractivity contribution < 1.29 is 9.53 Å². The molecule has 1 aliphatic rings. The van der Waals surface area contributed by atoms with E-state index in [2.05, 4.69) is 23.3 Å².